The van der Waals surface area contributed by atoms with Crippen molar-refractivity contribution in [3.05, 3.63) is 0 Å². The Morgan fingerprint density at radius 2 is 1.41 bits per heavy atom. The minimum atomic E-state index is -0.195. The molecule has 1 N–H and O–H groups in total. The molecule has 0 aromatic carbocycles. The largest absolute Gasteiger partial charge is 0.391 e. The first-order valence-electron chi connectivity index (χ1n) is 7.41. The zero-order valence-corrected chi connectivity index (χ0v) is 12.8. The SMILES string of the molecule is CCN(CC)C(CC)(CC)C(O)CCC(C)C. The second-order valence-corrected chi connectivity index (χ2v) is 5.47. The van der Waals surface area contributed by atoms with E-state index in [1.54, 1.807) is 0 Å². The predicted molar refractivity (Wildman–Crippen MR) is 76.3 cm³/mol. The van der Waals surface area contributed by atoms with Crippen LogP contribution < -0.4 is 0 Å². The smallest absolute Gasteiger partial charge is 0.0723 e. The minimum Gasteiger partial charge on any atom is -0.391 e. The molecule has 0 radical (unpaired) electrons. The number of hydrogen-bond donors (Lipinski definition) is 1. The highest BCUT2D eigenvalue weighted by molar-refractivity contribution is 4.94. The second kappa shape index (κ2) is 8.10. The summed E-state index contributed by atoms with van der Waals surface area (Å²) >= 11 is 0. The van der Waals surface area contributed by atoms with Gasteiger partial charge >= 0.3 is 0 Å². The van der Waals surface area contributed by atoms with E-state index < -0.39 is 0 Å². The number of hydrogen-bond acceptors (Lipinski definition) is 2. The molecule has 2 heteroatoms. The minimum absolute atomic E-state index is 0.0155. The molecule has 0 saturated carbocycles. The van der Waals surface area contributed by atoms with E-state index in [4.69, 9.17) is 0 Å². The molecular weight excluding hydrogens is 210 g/mol. The molecule has 0 saturated heterocycles. The van der Waals surface area contributed by atoms with Crippen molar-refractivity contribution in [2.45, 2.75) is 78.9 Å². The Kier molecular flexibility index (Phi) is 8.06. The van der Waals surface area contributed by atoms with Gasteiger partial charge in [-0.25, -0.2) is 0 Å². The molecule has 0 aliphatic rings. The van der Waals surface area contributed by atoms with Crippen molar-refractivity contribution in [2.24, 2.45) is 5.92 Å². The Balaban J connectivity index is 4.78. The van der Waals surface area contributed by atoms with Crippen LogP contribution in [0.3, 0.4) is 0 Å². The van der Waals surface area contributed by atoms with Crippen LogP contribution >= 0.6 is 0 Å². The molecule has 1 unspecified atom stereocenters. The Hall–Kier alpha value is -0.0800. The van der Waals surface area contributed by atoms with E-state index in [1.165, 1.54) is 0 Å². The summed E-state index contributed by atoms with van der Waals surface area (Å²) in [4.78, 5) is 2.44. The molecular formula is C15H33NO. The van der Waals surface area contributed by atoms with E-state index in [9.17, 15) is 5.11 Å². The van der Waals surface area contributed by atoms with Crippen molar-refractivity contribution in [2.75, 3.05) is 13.1 Å². The Morgan fingerprint density at radius 3 is 1.71 bits per heavy atom. The number of likely N-dealkylation sites (N-methyl/N-ethyl adjacent to an activating group) is 1. The van der Waals surface area contributed by atoms with Gasteiger partial charge < -0.3 is 5.11 Å². The van der Waals surface area contributed by atoms with Gasteiger partial charge in [0, 0.05) is 5.54 Å². The quantitative estimate of drug-likeness (QED) is 0.667. The lowest BCUT2D eigenvalue weighted by atomic mass is 9.81. The molecule has 0 spiro atoms. The van der Waals surface area contributed by atoms with Crippen LogP contribution in [0.2, 0.25) is 0 Å². The number of aliphatic hydroxyl groups is 1. The van der Waals surface area contributed by atoms with Crippen molar-refractivity contribution in [1.82, 2.24) is 4.90 Å². The summed E-state index contributed by atoms with van der Waals surface area (Å²) in [6.07, 6.45) is 3.91. The first kappa shape index (κ1) is 16.9. The topological polar surface area (TPSA) is 23.5 Å². The fraction of sp³-hybridized carbons (Fsp3) is 1.00. The van der Waals surface area contributed by atoms with Crippen molar-refractivity contribution >= 4 is 0 Å². The zero-order valence-electron chi connectivity index (χ0n) is 12.8. The zero-order chi connectivity index (χ0) is 13.5. The maximum absolute atomic E-state index is 10.6. The summed E-state index contributed by atoms with van der Waals surface area (Å²) in [6.45, 7) is 15.3. The number of rotatable bonds is 9. The van der Waals surface area contributed by atoms with E-state index in [0.29, 0.717) is 5.92 Å². The van der Waals surface area contributed by atoms with Gasteiger partial charge in [0.2, 0.25) is 0 Å². The van der Waals surface area contributed by atoms with Crippen LogP contribution in [0.15, 0.2) is 0 Å². The van der Waals surface area contributed by atoms with E-state index in [0.717, 1.165) is 38.8 Å². The molecule has 0 aliphatic carbocycles. The summed E-state index contributed by atoms with van der Waals surface area (Å²) in [5.74, 6) is 0.674. The van der Waals surface area contributed by atoms with Crippen LogP contribution in [0, 0.1) is 5.92 Å². The summed E-state index contributed by atoms with van der Waals surface area (Å²) in [5, 5.41) is 10.6. The molecule has 2 nitrogen and oxygen atoms in total. The lowest BCUT2D eigenvalue weighted by Crippen LogP contribution is -2.56. The van der Waals surface area contributed by atoms with Gasteiger partial charge in [0.25, 0.3) is 0 Å². The van der Waals surface area contributed by atoms with Crippen molar-refractivity contribution in [3.8, 4) is 0 Å². The fourth-order valence-corrected chi connectivity index (χ4v) is 2.99. The molecule has 0 aliphatic heterocycles. The van der Waals surface area contributed by atoms with Gasteiger partial charge in [-0.15, -0.1) is 0 Å². The average molecular weight is 243 g/mol. The molecule has 0 aromatic heterocycles. The van der Waals surface area contributed by atoms with Crippen LogP contribution in [0.25, 0.3) is 0 Å². The molecule has 104 valence electrons. The van der Waals surface area contributed by atoms with E-state index in [-0.39, 0.29) is 11.6 Å². The highest BCUT2D eigenvalue weighted by atomic mass is 16.3. The summed E-state index contributed by atoms with van der Waals surface area (Å²) in [5.41, 5.74) is -0.0155. The van der Waals surface area contributed by atoms with Gasteiger partial charge in [-0.2, -0.15) is 0 Å². The fourth-order valence-electron chi connectivity index (χ4n) is 2.99. The standard InChI is InChI=1S/C15H33NO/c1-7-15(8-2,16(9-3)10-4)14(17)12-11-13(5)6/h13-14,17H,7-12H2,1-6H3. The third kappa shape index (κ3) is 4.26. The normalized spacial score (nSPS) is 14.6. The van der Waals surface area contributed by atoms with Gasteiger partial charge in [-0.1, -0.05) is 41.5 Å². The van der Waals surface area contributed by atoms with Gasteiger partial charge in [0.1, 0.15) is 0 Å². The molecule has 0 heterocycles. The average Bonchev–Trinajstić information content (AvgIpc) is 2.33. The van der Waals surface area contributed by atoms with Crippen LogP contribution in [-0.4, -0.2) is 34.7 Å². The van der Waals surface area contributed by atoms with E-state index in [2.05, 4.69) is 46.4 Å². The molecule has 17 heavy (non-hydrogen) atoms. The van der Waals surface area contributed by atoms with Gasteiger partial charge in [0.05, 0.1) is 6.10 Å². The molecule has 0 fully saturated rings. The van der Waals surface area contributed by atoms with Crippen LogP contribution in [0.1, 0.15) is 67.2 Å². The molecule has 0 bridgehead atoms. The van der Waals surface area contributed by atoms with Crippen LogP contribution in [0.5, 0.6) is 0 Å². The van der Waals surface area contributed by atoms with E-state index >= 15 is 0 Å². The third-order valence-electron chi connectivity index (χ3n) is 4.26. The molecule has 0 rings (SSSR count). The number of aliphatic hydroxyl groups excluding tert-OH is 1. The summed E-state index contributed by atoms with van der Waals surface area (Å²) in [6, 6.07) is 0. The van der Waals surface area contributed by atoms with Crippen LogP contribution in [-0.2, 0) is 0 Å². The van der Waals surface area contributed by atoms with Gasteiger partial charge in [-0.05, 0) is 44.7 Å². The molecule has 1 atom stereocenters. The maximum atomic E-state index is 10.6. The Bertz CT molecular complexity index is 183. The van der Waals surface area contributed by atoms with Crippen molar-refractivity contribution < 1.29 is 5.11 Å². The van der Waals surface area contributed by atoms with Crippen molar-refractivity contribution in [1.29, 1.82) is 0 Å². The highest BCUT2D eigenvalue weighted by Crippen LogP contribution is 2.30. The summed E-state index contributed by atoms with van der Waals surface area (Å²) in [7, 11) is 0. The first-order valence-corrected chi connectivity index (χ1v) is 7.41. The van der Waals surface area contributed by atoms with E-state index in [1.807, 2.05) is 0 Å². The van der Waals surface area contributed by atoms with Gasteiger partial charge in [-0.3, -0.25) is 4.90 Å². The summed E-state index contributed by atoms with van der Waals surface area (Å²) < 4.78 is 0. The Morgan fingerprint density at radius 1 is 0.941 bits per heavy atom. The second-order valence-electron chi connectivity index (χ2n) is 5.47. The lowest BCUT2D eigenvalue weighted by molar-refractivity contribution is -0.0404. The van der Waals surface area contributed by atoms with Gasteiger partial charge in [0.15, 0.2) is 0 Å². The van der Waals surface area contributed by atoms with Crippen molar-refractivity contribution in [3.63, 3.8) is 0 Å². The monoisotopic (exact) mass is 243 g/mol. The molecule has 0 amide bonds. The first-order chi connectivity index (χ1) is 7.98. The number of nitrogens with zero attached hydrogens (tertiary/aromatic N) is 1. The predicted octanol–water partition coefficient (Wildman–Crippen LogP) is 3.68. The molecule has 0 aromatic rings. The highest BCUT2D eigenvalue weighted by Gasteiger charge is 2.38. The van der Waals surface area contributed by atoms with Crippen LogP contribution in [0.4, 0.5) is 0 Å². The lowest BCUT2D eigenvalue weighted by Gasteiger charge is -2.46. The third-order valence-corrected chi connectivity index (χ3v) is 4.26. The maximum Gasteiger partial charge on any atom is 0.0723 e. The Labute approximate surface area is 108 Å².